The van der Waals surface area contributed by atoms with Crippen LogP contribution in [0.25, 0.3) is 0 Å². The van der Waals surface area contributed by atoms with Crippen LogP contribution in [0.3, 0.4) is 0 Å². The lowest BCUT2D eigenvalue weighted by molar-refractivity contribution is -0.120. The van der Waals surface area contributed by atoms with Crippen molar-refractivity contribution in [2.45, 2.75) is 46.0 Å². The predicted octanol–water partition coefficient (Wildman–Crippen LogP) is 3.58. The van der Waals surface area contributed by atoms with E-state index in [1.807, 2.05) is 31.2 Å². The number of aliphatic hydroxyl groups is 1. The summed E-state index contributed by atoms with van der Waals surface area (Å²) in [7, 11) is 0. The first-order chi connectivity index (χ1) is 10.2. The zero-order valence-electron chi connectivity index (χ0n) is 13.0. The number of nitrogens with one attached hydrogen (secondary N) is 1. The highest BCUT2D eigenvalue weighted by Gasteiger charge is 2.16. The van der Waals surface area contributed by atoms with Crippen LogP contribution in [0.2, 0.25) is 0 Å². The Labute approximate surface area is 127 Å². The summed E-state index contributed by atoms with van der Waals surface area (Å²) in [6, 6.07) is 7.53. The number of aliphatic hydroxyl groups excluding tert-OH is 1. The number of rotatable bonds is 7. The van der Waals surface area contributed by atoms with Crippen LogP contribution in [0.15, 0.2) is 24.3 Å². The van der Waals surface area contributed by atoms with Crippen molar-refractivity contribution in [2.24, 2.45) is 5.92 Å². The Balaban J connectivity index is 2.77. The molecule has 0 aliphatic carbocycles. The van der Waals surface area contributed by atoms with Crippen LogP contribution in [0.5, 0.6) is 0 Å². The fourth-order valence-electron chi connectivity index (χ4n) is 2.12. The summed E-state index contributed by atoms with van der Waals surface area (Å²) in [5.74, 6) is 6.02. The van der Waals surface area contributed by atoms with Crippen molar-refractivity contribution in [3.8, 4) is 11.8 Å². The van der Waals surface area contributed by atoms with Gasteiger partial charge in [0, 0.05) is 17.9 Å². The molecule has 0 saturated carbocycles. The first kappa shape index (κ1) is 17.3. The summed E-state index contributed by atoms with van der Waals surface area (Å²) in [5.41, 5.74) is 1.55. The Hall–Kier alpha value is -1.79. The minimum absolute atomic E-state index is 0.0520. The number of hydrogen-bond acceptors (Lipinski definition) is 2. The van der Waals surface area contributed by atoms with Crippen LogP contribution in [0.1, 0.15) is 51.5 Å². The third-order valence-corrected chi connectivity index (χ3v) is 3.41. The summed E-state index contributed by atoms with van der Waals surface area (Å²) in [6.45, 7) is 4.24. The summed E-state index contributed by atoms with van der Waals surface area (Å²) in [5, 5.41) is 11.8. The Morgan fingerprint density at radius 3 is 2.76 bits per heavy atom. The van der Waals surface area contributed by atoms with Crippen LogP contribution in [-0.2, 0) is 4.79 Å². The van der Waals surface area contributed by atoms with Gasteiger partial charge in [-0.15, -0.1) is 0 Å². The highest BCUT2D eigenvalue weighted by Crippen LogP contribution is 2.18. The number of amides is 1. The van der Waals surface area contributed by atoms with Gasteiger partial charge in [0.25, 0.3) is 0 Å². The molecule has 0 spiro atoms. The maximum Gasteiger partial charge on any atom is 0.227 e. The van der Waals surface area contributed by atoms with Gasteiger partial charge in [0.2, 0.25) is 5.91 Å². The van der Waals surface area contributed by atoms with Crippen molar-refractivity contribution in [1.82, 2.24) is 0 Å². The molecule has 114 valence electrons. The second-order valence-electron chi connectivity index (χ2n) is 5.06. The SMILES string of the molecule is CCCCC(CC)C(=O)Nc1ccccc1C#CCCO. The van der Waals surface area contributed by atoms with Gasteiger partial charge in [-0.25, -0.2) is 0 Å². The number of hydrogen-bond donors (Lipinski definition) is 2. The Kier molecular flexibility index (Phi) is 8.23. The molecular formula is C18H25NO2. The summed E-state index contributed by atoms with van der Waals surface area (Å²) in [6.07, 6.45) is 4.40. The lowest BCUT2D eigenvalue weighted by Gasteiger charge is -2.15. The Morgan fingerprint density at radius 1 is 1.33 bits per heavy atom. The lowest BCUT2D eigenvalue weighted by Crippen LogP contribution is -2.22. The van der Waals surface area contributed by atoms with E-state index >= 15 is 0 Å². The third-order valence-electron chi connectivity index (χ3n) is 3.41. The molecule has 0 radical (unpaired) electrons. The minimum Gasteiger partial charge on any atom is -0.395 e. The van der Waals surface area contributed by atoms with Gasteiger partial charge < -0.3 is 10.4 Å². The van der Waals surface area contributed by atoms with Crippen molar-refractivity contribution >= 4 is 11.6 Å². The molecule has 3 heteroatoms. The van der Waals surface area contributed by atoms with Crippen LogP contribution < -0.4 is 5.32 Å². The van der Waals surface area contributed by atoms with Gasteiger partial charge in [0.15, 0.2) is 0 Å². The fourth-order valence-corrected chi connectivity index (χ4v) is 2.12. The zero-order valence-corrected chi connectivity index (χ0v) is 13.0. The third kappa shape index (κ3) is 6.01. The van der Waals surface area contributed by atoms with Gasteiger partial charge in [-0.05, 0) is 25.0 Å². The molecule has 1 atom stereocenters. The molecule has 1 aromatic carbocycles. The largest absolute Gasteiger partial charge is 0.395 e. The molecule has 0 heterocycles. The second kappa shape index (κ2) is 10.0. The highest BCUT2D eigenvalue weighted by atomic mass is 16.2. The topological polar surface area (TPSA) is 49.3 Å². The molecule has 0 fully saturated rings. The van der Waals surface area contributed by atoms with Gasteiger partial charge in [-0.2, -0.15) is 0 Å². The Bertz CT molecular complexity index is 499. The van der Waals surface area contributed by atoms with Crippen molar-refractivity contribution in [2.75, 3.05) is 11.9 Å². The molecule has 0 aliphatic rings. The van der Waals surface area contributed by atoms with E-state index in [4.69, 9.17) is 5.11 Å². The quantitative estimate of drug-likeness (QED) is 0.753. The monoisotopic (exact) mass is 287 g/mol. The van der Waals surface area contributed by atoms with Gasteiger partial charge in [0.05, 0.1) is 12.3 Å². The van der Waals surface area contributed by atoms with E-state index in [0.29, 0.717) is 6.42 Å². The number of anilines is 1. The van der Waals surface area contributed by atoms with Crippen LogP contribution in [-0.4, -0.2) is 17.6 Å². The van der Waals surface area contributed by atoms with Gasteiger partial charge >= 0.3 is 0 Å². The number of para-hydroxylation sites is 1. The van der Waals surface area contributed by atoms with E-state index < -0.39 is 0 Å². The molecule has 2 N–H and O–H groups in total. The van der Waals surface area contributed by atoms with E-state index in [2.05, 4.69) is 24.1 Å². The van der Waals surface area contributed by atoms with Gasteiger partial charge in [-0.3, -0.25) is 4.79 Å². The minimum atomic E-state index is 0.0520. The number of carbonyl (C=O) groups excluding carboxylic acids is 1. The van der Waals surface area contributed by atoms with E-state index in [1.165, 1.54) is 0 Å². The molecule has 0 bridgehead atoms. The fraction of sp³-hybridized carbons (Fsp3) is 0.500. The van der Waals surface area contributed by atoms with Gasteiger partial charge in [0.1, 0.15) is 0 Å². The second-order valence-corrected chi connectivity index (χ2v) is 5.06. The summed E-state index contributed by atoms with van der Waals surface area (Å²) < 4.78 is 0. The molecular weight excluding hydrogens is 262 g/mol. The predicted molar refractivity (Wildman–Crippen MR) is 87.0 cm³/mol. The smallest absolute Gasteiger partial charge is 0.227 e. The molecule has 1 unspecified atom stereocenters. The average Bonchev–Trinajstić information content (AvgIpc) is 2.50. The number of carbonyl (C=O) groups is 1. The molecule has 1 rings (SSSR count). The van der Waals surface area contributed by atoms with Crippen molar-refractivity contribution in [1.29, 1.82) is 0 Å². The van der Waals surface area contributed by atoms with Crippen molar-refractivity contribution in [3.05, 3.63) is 29.8 Å². The van der Waals surface area contributed by atoms with Crippen LogP contribution in [0.4, 0.5) is 5.69 Å². The maximum absolute atomic E-state index is 12.3. The number of unbranched alkanes of at least 4 members (excludes halogenated alkanes) is 1. The summed E-state index contributed by atoms with van der Waals surface area (Å²) in [4.78, 5) is 12.3. The van der Waals surface area contributed by atoms with Gasteiger partial charge in [-0.1, -0.05) is 50.7 Å². The molecule has 0 saturated heterocycles. The maximum atomic E-state index is 12.3. The molecule has 0 aromatic heterocycles. The van der Waals surface area contributed by atoms with Crippen molar-refractivity contribution < 1.29 is 9.90 Å². The van der Waals surface area contributed by atoms with Crippen molar-refractivity contribution in [3.63, 3.8) is 0 Å². The standard InChI is InChI=1S/C18H25NO2/c1-3-5-10-15(4-2)18(21)19-17-13-7-6-11-16(17)12-8-9-14-20/h6-7,11,13,15,20H,3-5,9-10,14H2,1-2H3,(H,19,21). The number of benzene rings is 1. The van der Waals surface area contributed by atoms with E-state index in [1.54, 1.807) is 0 Å². The first-order valence-electron chi connectivity index (χ1n) is 7.72. The van der Waals surface area contributed by atoms with Crippen LogP contribution >= 0.6 is 0 Å². The zero-order chi connectivity index (χ0) is 15.5. The van der Waals surface area contributed by atoms with E-state index in [0.717, 1.165) is 36.9 Å². The molecule has 0 aliphatic heterocycles. The Morgan fingerprint density at radius 2 is 2.10 bits per heavy atom. The normalized spacial score (nSPS) is 11.4. The lowest BCUT2D eigenvalue weighted by atomic mass is 9.98. The van der Waals surface area contributed by atoms with Crippen LogP contribution in [0, 0.1) is 17.8 Å². The first-order valence-corrected chi connectivity index (χ1v) is 7.72. The molecule has 1 aromatic rings. The molecule has 3 nitrogen and oxygen atoms in total. The highest BCUT2D eigenvalue weighted by molar-refractivity contribution is 5.93. The molecule has 1 amide bonds. The molecule has 21 heavy (non-hydrogen) atoms. The van der Waals surface area contributed by atoms with E-state index in [9.17, 15) is 4.79 Å². The van der Waals surface area contributed by atoms with E-state index in [-0.39, 0.29) is 18.4 Å². The summed E-state index contributed by atoms with van der Waals surface area (Å²) >= 11 is 0. The average molecular weight is 287 g/mol.